The molecule has 7 heteroatoms. The Labute approximate surface area is 156 Å². The van der Waals surface area contributed by atoms with Gasteiger partial charge in [0.25, 0.3) is 5.91 Å². The van der Waals surface area contributed by atoms with Crippen LogP contribution in [0.15, 0.2) is 48.5 Å². The molecule has 0 saturated heterocycles. The second-order valence-corrected chi connectivity index (χ2v) is 5.73. The first-order valence-electron chi connectivity index (χ1n) is 7.77. The number of para-hydroxylation sites is 1. The van der Waals surface area contributed by atoms with Crippen molar-refractivity contribution >= 4 is 23.5 Å². The van der Waals surface area contributed by atoms with Crippen molar-refractivity contribution in [2.75, 3.05) is 13.7 Å². The molecule has 0 aliphatic rings. The van der Waals surface area contributed by atoms with Gasteiger partial charge in [-0.25, -0.2) is 0 Å². The van der Waals surface area contributed by atoms with E-state index in [2.05, 4.69) is 10.1 Å². The Morgan fingerprint density at radius 2 is 1.88 bits per heavy atom. The highest BCUT2D eigenvalue weighted by Crippen LogP contribution is 2.25. The fourth-order valence-corrected chi connectivity index (χ4v) is 2.58. The van der Waals surface area contributed by atoms with E-state index in [-0.39, 0.29) is 13.0 Å². The highest BCUT2D eigenvalue weighted by molar-refractivity contribution is 6.31. The summed E-state index contributed by atoms with van der Waals surface area (Å²) in [6.45, 7) is -0.305. The van der Waals surface area contributed by atoms with Crippen LogP contribution in [0.25, 0.3) is 0 Å². The van der Waals surface area contributed by atoms with Gasteiger partial charge in [0.2, 0.25) is 0 Å². The van der Waals surface area contributed by atoms with Gasteiger partial charge in [-0.15, -0.1) is 0 Å². The molecule has 0 bridgehead atoms. The van der Waals surface area contributed by atoms with Crippen LogP contribution in [0.1, 0.15) is 23.6 Å². The molecule has 1 atom stereocenters. The summed E-state index contributed by atoms with van der Waals surface area (Å²) in [5.41, 5.74) is 0.933. The van der Waals surface area contributed by atoms with E-state index >= 15 is 0 Å². The summed E-state index contributed by atoms with van der Waals surface area (Å²) in [7, 11) is 1.27. The fourth-order valence-electron chi connectivity index (χ4n) is 2.31. The smallest absolute Gasteiger partial charge is 0.307 e. The van der Waals surface area contributed by atoms with Crippen molar-refractivity contribution in [1.29, 1.82) is 5.26 Å². The number of nitrogens with zero attached hydrogens (tertiary/aromatic N) is 1. The van der Waals surface area contributed by atoms with Gasteiger partial charge in [-0.1, -0.05) is 41.9 Å². The third-order valence-corrected chi connectivity index (χ3v) is 3.92. The van der Waals surface area contributed by atoms with E-state index in [1.54, 1.807) is 48.5 Å². The van der Waals surface area contributed by atoms with Gasteiger partial charge in [-0.05, 0) is 23.8 Å². The van der Waals surface area contributed by atoms with Gasteiger partial charge in [-0.3, -0.25) is 9.59 Å². The van der Waals surface area contributed by atoms with Gasteiger partial charge in [0.15, 0.2) is 6.61 Å². The van der Waals surface area contributed by atoms with Gasteiger partial charge < -0.3 is 14.8 Å². The number of ether oxygens (including phenoxy) is 2. The average molecular weight is 373 g/mol. The minimum Gasteiger partial charge on any atom is -0.482 e. The molecule has 0 aliphatic heterocycles. The van der Waals surface area contributed by atoms with E-state index in [9.17, 15) is 9.59 Å². The largest absolute Gasteiger partial charge is 0.482 e. The summed E-state index contributed by atoms with van der Waals surface area (Å²) in [5.74, 6) is -0.620. The molecule has 0 aliphatic carbocycles. The van der Waals surface area contributed by atoms with Crippen molar-refractivity contribution in [1.82, 2.24) is 5.32 Å². The van der Waals surface area contributed by atoms with Gasteiger partial charge in [0.05, 0.1) is 25.1 Å². The Morgan fingerprint density at radius 3 is 2.58 bits per heavy atom. The van der Waals surface area contributed by atoms with Crippen LogP contribution in [0.4, 0.5) is 0 Å². The molecule has 2 aromatic carbocycles. The van der Waals surface area contributed by atoms with Crippen LogP contribution in [0.2, 0.25) is 5.02 Å². The van der Waals surface area contributed by atoms with Crippen molar-refractivity contribution in [2.45, 2.75) is 12.5 Å². The van der Waals surface area contributed by atoms with Gasteiger partial charge in [0.1, 0.15) is 11.8 Å². The Bertz CT molecular complexity index is 832. The number of carbonyl (C=O) groups is 2. The molecular weight excluding hydrogens is 356 g/mol. The van der Waals surface area contributed by atoms with E-state index in [4.69, 9.17) is 21.6 Å². The fraction of sp³-hybridized carbons (Fsp3) is 0.211. The molecule has 0 fully saturated rings. The summed E-state index contributed by atoms with van der Waals surface area (Å²) in [4.78, 5) is 23.9. The van der Waals surface area contributed by atoms with E-state index in [1.165, 1.54) is 7.11 Å². The van der Waals surface area contributed by atoms with Crippen LogP contribution in [-0.4, -0.2) is 25.6 Å². The Kier molecular flexibility index (Phi) is 7.01. The molecular formula is C19H17ClN2O4. The van der Waals surface area contributed by atoms with E-state index in [0.29, 0.717) is 21.9 Å². The number of carbonyl (C=O) groups excluding carboxylic acids is 2. The van der Waals surface area contributed by atoms with Crippen molar-refractivity contribution < 1.29 is 19.1 Å². The number of nitrogens with one attached hydrogen (secondary N) is 1. The van der Waals surface area contributed by atoms with Crippen molar-refractivity contribution in [3.05, 3.63) is 64.7 Å². The number of esters is 1. The Hall–Kier alpha value is -3.04. The average Bonchev–Trinajstić information content (AvgIpc) is 2.66. The molecule has 134 valence electrons. The first-order valence-corrected chi connectivity index (χ1v) is 8.15. The number of methoxy groups -OCH3 is 1. The summed E-state index contributed by atoms with van der Waals surface area (Å²) in [6, 6.07) is 14.9. The molecule has 1 N–H and O–H groups in total. The number of nitriles is 1. The highest BCUT2D eigenvalue weighted by atomic mass is 35.5. The SMILES string of the molecule is COC(=O)CC(NC(=O)COc1ccccc1C#N)c1ccccc1Cl. The molecule has 0 saturated carbocycles. The molecule has 0 heterocycles. The second kappa shape index (κ2) is 9.44. The molecule has 6 nitrogen and oxygen atoms in total. The molecule has 1 amide bonds. The quantitative estimate of drug-likeness (QED) is 0.755. The van der Waals surface area contributed by atoms with Crippen LogP contribution < -0.4 is 10.1 Å². The van der Waals surface area contributed by atoms with Crippen LogP contribution in [0, 0.1) is 11.3 Å². The zero-order valence-electron chi connectivity index (χ0n) is 14.1. The molecule has 2 rings (SSSR count). The lowest BCUT2D eigenvalue weighted by Crippen LogP contribution is -2.34. The molecule has 1 unspecified atom stereocenters. The van der Waals surface area contributed by atoms with E-state index in [0.717, 1.165) is 0 Å². The standard InChI is InChI=1S/C19H17ClN2O4/c1-25-19(24)10-16(14-7-3-4-8-15(14)20)22-18(23)12-26-17-9-5-2-6-13(17)11-21/h2-9,16H,10,12H2,1H3,(H,22,23). The van der Waals surface area contributed by atoms with Gasteiger partial charge >= 0.3 is 5.97 Å². The summed E-state index contributed by atoms with van der Waals surface area (Å²) in [5, 5.41) is 12.2. The zero-order chi connectivity index (χ0) is 18.9. The third-order valence-electron chi connectivity index (χ3n) is 3.58. The lowest BCUT2D eigenvalue weighted by Gasteiger charge is -2.19. The molecule has 0 spiro atoms. The maximum atomic E-state index is 12.3. The number of rotatable bonds is 7. The zero-order valence-corrected chi connectivity index (χ0v) is 14.8. The van der Waals surface area contributed by atoms with Gasteiger partial charge in [-0.2, -0.15) is 5.26 Å². The summed E-state index contributed by atoms with van der Waals surface area (Å²) in [6.07, 6.45) is -0.0687. The topological polar surface area (TPSA) is 88.4 Å². The minimum absolute atomic E-state index is 0.0687. The number of halogens is 1. The Morgan fingerprint density at radius 1 is 1.19 bits per heavy atom. The number of amides is 1. The Balaban J connectivity index is 2.07. The summed E-state index contributed by atoms with van der Waals surface area (Å²) >= 11 is 6.17. The van der Waals surface area contributed by atoms with Crippen LogP contribution in [0.5, 0.6) is 5.75 Å². The van der Waals surface area contributed by atoms with E-state index < -0.39 is 17.9 Å². The predicted molar refractivity (Wildman–Crippen MR) is 95.6 cm³/mol. The molecule has 26 heavy (non-hydrogen) atoms. The monoisotopic (exact) mass is 372 g/mol. The third kappa shape index (κ3) is 5.23. The number of benzene rings is 2. The summed E-state index contributed by atoms with van der Waals surface area (Å²) < 4.78 is 10.1. The highest BCUT2D eigenvalue weighted by Gasteiger charge is 2.21. The van der Waals surface area contributed by atoms with Crippen molar-refractivity contribution in [3.8, 4) is 11.8 Å². The number of hydrogen-bond acceptors (Lipinski definition) is 5. The molecule has 0 aromatic heterocycles. The van der Waals surface area contributed by atoms with Gasteiger partial charge in [0, 0.05) is 5.02 Å². The maximum Gasteiger partial charge on any atom is 0.307 e. The normalized spacial score (nSPS) is 11.1. The second-order valence-electron chi connectivity index (χ2n) is 5.32. The lowest BCUT2D eigenvalue weighted by atomic mass is 10.0. The first-order chi connectivity index (χ1) is 12.5. The molecule has 2 aromatic rings. The lowest BCUT2D eigenvalue weighted by molar-refractivity contribution is -0.141. The molecule has 0 radical (unpaired) electrons. The number of hydrogen-bond donors (Lipinski definition) is 1. The predicted octanol–water partition coefficient (Wildman–Crippen LogP) is 3.01. The van der Waals surface area contributed by atoms with Crippen molar-refractivity contribution in [2.24, 2.45) is 0 Å². The maximum absolute atomic E-state index is 12.3. The van der Waals surface area contributed by atoms with Crippen LogP contribution in [-0.2, 0) is 14.3 Å². The first kappa shape index (κ1) is 19.3. The van der Waals surface area contributed by atoms with E-state index in [1.807, 2.05) is 6.07 Å². The van der Waals surface area contributed by atoms with Crippen LogP contribution >= 0.6 is 11.6 Å². The van der Waals surface area contributed by atoms with Crippen LogP contribution in [0.3, 0.4) is 0 Å². The minimum atomic E-state index is -0.654. The van der Waals surface area contributed by atoms with Crippen molar-refractivity contribution in [3.63, 3.8) is 0 Å².